The Morgan fingerprint density at radius 2 is 1.79 bits per heavy atom. The van der Waals surface area contributed by atoms with E-state index >= 15 is 0 Å². The number of anilines is 1. The Labute approximate surface area is 190 Å². The Morgan fingerprint density at radius 1 is 1.03 bits per heavy atom. The number of nitro benzene ring substituents is 1. The lowest BCUT2D eigenvalue weighted by molar-refractivity contribution is -0.384. The molecule has 9 nitrogen and oxygen atoms in total. The number of benzene rings is 2. The van der Waals surface area contributed by atoms with Crippen molar-refractivity contribution < 1.29 is 14.5 Å². The number of amides is 2. The highest BCUT2D eigenvalue weighted by atomic mass is 16.6. The molecule has 168 valence electrons. The lowest BCUT2D eigenvalue weighted by Crippen LogP contribution is -2.43. The van der Waals surface area contributed by atoms with Crippen molar-refractivity contribution in [3.05, 3.63) is 99.9 Å². The molecule has 3 aromatic rings. The molecule has 0 aliphatic carbocycles. The third-order valence-corrected chi connectivity index (χ3v) is 5.67. The van der Waals surface area contributed by atoms with Gasteiger partial charge in [-0.2, -0.15) is 0 Å². The number of aromatic nitrogens is 1. The second kappa shape index (κ2) is 10.0. The quantitative estimate of drug-likeness (QED) is 0.342. The van der Waals surface area contributed by atoms with Gasteiger partial charge < -0.3 is 10.6 Å². The van der Waals surface area contributed by atoms with Crippen molar-refractivity contribution >= 4 is 23.2 Å². The molecule has 0 saturated heterocycles. The van der Waals surface area contributed by atoms with Gasteiger partial charge in [0.05, 0.1) is 11.0 Å². The number of carbonyl (C=O) groups is 2. The Balaban J connectivity index is 1.42. The Hall–Kier alpha value is -4.11. The second-order valence-electron chi connectivity index (χ2n) is 7.76. The second-order valence-corrected chi connectivity index (χ2v) is 7.76. The SMILES string of the molecule is O=C(NCC(c1cccnc1)N1CCc2ccccc2C1)C(=O)Nc1ccc([N+](=O)[O-])cc1. The van der Waals surface area contributed by atoms with Gasteiger partial charge in [0.2, 0.25) is 0 Å². The summed E-state index contributed by atoms with van der Waals surface area (Å²) in [6, 6.07) is 17.3. The molecule has 9 heteroatoms. The van der Waals surface area contributed by atoms with Crippen LogP contribution in [0.2, 0.25) is 0 Å². The van der Waals surface area contributed by atoms with E-state index in [9.17, 15) is 19.7 Å². The normalized spacial score (nSPS) is 14.1. The van der Waals surface area contributed by atoms with Gasteiger partial charge in [0.15, 0.2) is 0 Å². The van der Waals surface area contributed by atoms with Crippen molar-refractivity contribution in [1.82, 2.24) is 15.2 Å². The third kappa shape index (κ3) is 5.39. The minimum Gasteiger partial charge on any atom is -0.346 e. The Morgan fingerprint density at radius 3 is 2.48 bits per heavy atom. The summed E-state index contributed by atoms with van der Waals surface area (Å²) in [5.74, 6) is -1.61. The largest absolute Gasteiger partial charge is 0.346 e. The predicted molar refractivity (Wildman–Crippen MR) is 122 cm³/mol. The number of pyridine rings is 1. The van der Waals surface area contributed by atoms with E-state index in [2.05, 4.69) is 32.7 Å². The zero-order valence-corrected chi connectivity index (χ0v) is 17.8. The molecule has 1 unspecified atom stereocenters. The molecule has 1 aliphatic heterocycles. The molecule has 2 N–H and O–H groups in total. The van der Waals surface area contributed by atoms with Crippen molar-refractivity contribution in [1.29, 1.82) is 0 Å². The number of nitro groups is 1. The lowest BCUT2D eigenvalue weighted by Gasteiger charge is -2.35. The zero-order valence-electron chi connectivity index (χ0n) is 17.8. The maximum Gasteiger partial charge on any atom is 0.313 e. The van der Waals surface area contributed by atoms with Crippen LogP contribution in [-0.2, 0) is 22.6 Å². The fraction of sp³-hybridized carbons (Fsp3) is 0.208. The van der Waals surface area contributed by atoms with Crippen LogP contribution in [0.1, 0.15) is 22.7 Å². The van der Waals surface area contributed by atoms with Gasteiger partial charge >= 0.3 is 11.8 Å². The molecular formula is C24H23N5O4. The molecule has 1 atom stereocenters. The summed E-state index contributed by atoms with van der Waals surface area (Å²) in [5, 5.41) is 15.9. The van der Waals surface area contributed by atoms with E-state index in [1.165, 1.54) is 35.4 Å². The minimum absolute atomic E-state index is 0.0973. The highest BCUT2D eigenvalue weighted by Gasteiger charge is 2.26. The lowest BCUT2D eigenvalue weighted by atomic mass is 9.97. The van der Waals surface area contributed by atoms with Crippen LogP contribution < -0.4 is 10.6 Å². The summed E-state index contributed by atoms with van der Waals surface area (Å²) in [6.07, 6.45) is 4.37. The van der Waals surface area contributed by atoms with Crippen LogP contribution >= 0.6 is 0 Å². The number of non-ortho nitro benzene ring substituents is 1. The number of rotatable bonds is 6. The van der Waals surface area contributed by atoms with Crippen molar-refractivity contribution in [2.24, 2.45) is 0 Å². The summed E-state index contributed by atoms with van der Waals surface area (Å²) >= 11 is 0. The highest BCUT2D eigenvalue weighted by Crippen LogP contribution is 2.27. The van der Waals surface area contributed by atoms with E-state index in [0.717, 1.165) is 25.1 Å². The fourth-order valence-corrected chi connectivity index (χ4v) is 3.94. The van der Waals surface area contributed by atoms with Crippen LogP contribution in [0.5, 0.6) is 0 Å². The molecular weight excluding hydrogens is 422 g/mol. The van der Waals surface area contributed by atoms with Crippen molar-refractivity contribution in [2.75, 3.05) is 18.4 Å². The van der Waals surface area contributed by atoms with E-state index in [-0.39, 0.29) is 18.3 Å². The summed E-state index contributed by atoms with van der Waals surface area (Å²) in [4.78, 5) is 41.5. The summed E-state index contributed by atoms with van der Waals surface area (Å²) in [5.41, 5.74) is 3.73. The molecule has 4 rings (SSSR count). The zero-order chi connectivity index (χ0) is 23.2. The molecule has 33 heavy (non-hydrogen) atoms. The third-order valence-electron chi connectivity index (χ3n) is 5.67. The van der Waals surface area contributed by atoms with Crippen LogP contribution in [-0.4, -0.2) is 39.7 Å². The standard InChI is InChI=1S/C24H23N5O4/c30-23(24(31)27-20-7-9-21(10-8-20)29(32)33)26-15-22(18-6-3-12-25-14-18)28-13-11-17-4-1-2-5-19(17)16-28/h1-10,12,14,22H,11,13,15-16H2,(H,26,30)(H,27,31). The monoisotopic (exact) mass is 445 g/mol. The van der Waals surface area contributed by atoms with Crippen LogP contribution in [0.4, 0.5) is 11.4 Å². The molecule has 2 heterocycles. The first-order chi connectivity index (χ1) is 16.0. The molecule has 0 spiro atoms. The molecule has 1 aromatic heterocycles. The van der Waals surface area contributed by atoms with Crippen molar-refractivity contribution in [3.8, 4) is 0 Å². The summed E-state index contributed by atoms with van der Waals surface area (Å²) in [6.45, 7) is 1.79. The van der Waals surface area contributed by atoms with Crippen molar-refractivity contribution in [2.45, 2.75) is 19.0 Å². The van der Waals surface area contributed by atoms with Gasteiger partial charge in [0.1, 0.15) is 0 Å². The number of fused-ring (bicyclic) bond motifs is 1. The Kier molecular flexibility index (Phi) is 6.70. The first kappa shape index (κ1) is 22.1. The Bertz CT molecular complexity index is 1150. The molecule has 1 aliphatic rings. The highest BCUT2D eigenvalue weighted by molar-refractivity contribution is 6.39. The molecule has 0 fully saturated rings. The number of hydrogen-bond acceptors (Lipinski definition) is 6. The van der Waals surface area contributed by atoms with Gasteiger partial charge in [-0.05, 0) is 41.3 Å². The van der Waals surface area contributed by atoms with E-state index < -0.39 is 16.7 Å². The molecule has 0 radical (unpaired) electrons. The van der Waals surface area contributed by atoms with E-state index in [4.69, 9.17) is 0 Å². The molecule has 0 saturated carbocycles. The molecule has 0 bridgehead atoms. The van der Waals surface area contributed by atoms with E-state index in [0.29, 0.717) is 5.69 Å². The topological polar surface area (TPSA) is 117 Å². The fourth-order valence-electron chi connectivity index (χ4n) is 3.94. The average molecular weight is 445 g/mol. The van der Waals surface area contributed by atoms with Crippen LogP contribution in [0, 0.1) is 10.1 Å². The summed E-state index contributed by atoms with van der Waals surface area (Å²) in [7, 11) is 0. The number of hydrogen-bond donors (Lipinski definition) is 2. The predicted octanol–water partition coefficient (Wildman–Crippen LogP) is 2.84. The maximum atomic E-state index is 12.5. The van der Waals surface area contributed by atoms with Crippen LogP contribution in [0.15, 0.2) is 73.1 Å². The van der Waals surface area contributed by atoms with Gasteiger partial charge in [0.25, 0.3) is 5.69 Å². The van der Waals surface area contributed by atoms with Gasteiger partial charge in [-0.25, -0.2) is 0 Å². The number of carbonyl (C=O) groups excluding carboxylic acids is 2. The first-order valence-corrected chi connectivity index (χ1v) is 10.6. The van der Waals surface area contributed by atoms with Crippen molar-refractivity contribution in [3.63, 3.8) is 0 Å². The van der Waals surface area contributed by atoms with Crippen LogP contribution in [0.3, 0.4) is 0 Å². The van der Waals surface area contributed by atoms with E-state index in [1.54, 1.807) is 12.4 Å². The van der Waals surface area contributed by atoms with Gasteiger partial charge in [-0.3, -0.25) is 29.6 Å². The smallest absolute Gasteiger partial charge is 0.313 e. The maximum absolute atomic E-state index is 12.5. The van der Waals surface area contributed by atoms with Crippen LogP contribution in [0.25, 0.3) is 0 Å². The number of nitrogens with one attached hydrogen (secondary N) is 2. The molecule has 2 aromatic carbocycles. The first-order valence-electron chi connectivity index (χ1n) is 10.6. The molecule has 2 amide bonds. The van der Waals surface area contributed by atoms with E-state index in [1.807, 2.05) is 24.3 Å². The minimum atomic E-state index is -0.835. The summed E-state index contributed by atoms with van der Waals surface area (Å²) < 4.78 is 0. The van der Waals surface area contributed by atoms with Gasteiger partial charge in [-0.15, -0.1) is 0 Å². The van der Waals surface area contributed by atoms with Gasteiger partial charge in [0, 0.05) is 49.8 Å². The average Bonchev–Trinajstić information content (AvgIpc) is 2.85. The van der Waals surface area contributed by atoms with Gasteiger partial charge in [-0.1, -0.05) is 30.3 Å². The number of nitrogens with zero attached hydrogens (tertiary/aromatic N) is 3.